The van der Waals surface area contributed by atoms with Gasteiger partial charge in [0.15, 0.2) is 17.2 Å². The van der Waals surface area contributed by atoms with Crippen LogP contribution in [0.3, 0.4) is 0 Å². The molecule has 0 unspecified atom stereocenters. The number of aromatic hydroxyl groups is 1. The summed E-state index contributed by atoms with van der Waals surface area (Å²) in [7, 11) is 1.57. The number of benzene rings is 1. The monoisotopic (exact) mass is 415 g/mol. The van der Waals surface area contributed by atoms with E-state index >= 15 is 0 Å². The van der Waals surface area contributed by atoms with Gasteiger partial charge in [-0.05, 0) is 49.8 Å². The summed E-state index contributed by atoms with van der Waals surface area (Å²) in [6.45, 7) is 8.92. The van der Waals surface area contributed by atoms with E-state index in [0.29, 0.717) is 29.9 Å². The molecule has 8 heteroatoms. The first-order valence-electron chi connectivity index (χ1n) is 10.7. The van der Waals surface area contributed by atoms with E-state index in [9.17, 15) is 9.90 Å². The molecule has 8 nitrogen and oxygen atoms in total. The van der Waals surface area contributed by atoms with Crippen molar-refractivity contribution in [3.8, 4) is 11.5 Å². The van der Waals surface area contributed by atoms with Crippen molar-refractivity contribution < 1.29 is 14.6 Å². The Morgan fingerprint density at radius 1 is 1.30 bits per heavy atom. The van der Waals surface area contributed by atoms with Crippen molar-refractivity contribution in [2.24, 2.45) is 5.92 Å². The molecule has 0 radical (unpaired) electrons. The molecule has 164 valence electrons. The first kappa shape index (κ1) is 22.1. The van der Waals surface area contributed by atoms with Crippen LogP contribution in [0, 0.1) is 5.92 Å². The number of amides is 1. The minimum absolute atomic E-state index is 0.162. The molecule has 1 aromatic heterocycles. The fraction of sp³-hybridized carbons (Fsp3) is 0.591. The van der Waals surface area contributed by atoms with Crippen molar-refractivity contribution in [1.29, 1.82) is 0 Å². The molecule has 2 N–H and O–H groups in total. The van der Waals surface area contributed by atoms with Gasteiger partial charge in [0, 0.05) is 25.7 Å². The van der Waals surface area contributed by atoms with Crippen LogP contribution >= 0.6 is 0 Å². The number of nitrogens with zero attached hydrogens (tertiary/aromatic N) is 4. The number of piperidine rings is 1. The Labute approximate surface area is 178 Å². The number of ether oxygens (including phenoxy) is 1. The smallest absolute Gasteiger partial charge is 0.273 e. The van der Waals surface area contributed by atoms with Crippen molar-refractivity contribution in [2.45, 2.75) is 52.1 Å². The van der Waals surface area contributed by atoms with E-state index in [0.717, 1.165) is 37.9 Å². The van der Waals surface area contributed by atoms with Crippen molar-refractivity contribution in [2.75, 3.05) is 26.7 Å². The fourth-order valence-electron chi connectivity index (χ4n) is 3.86. The van der Waals surface area contributed by atoms with Crippen LogP contribution in [0.25, 0.3) is 0 Å². The molecule has 0 bridgehead atoms. The number of hydrogen-bond acceptors (Lipinski definition) is 6. The minimum Gasteiger partial charge on any atom is -0.504 e. The highest BCUT2D eigenvalue weighted by atomic mass is 16.5. The second-order valence-electron chi connectivity index (χ2n) is 8.51. The standard InChI is InChI=1S/C22H33N5O3/c1-15(2)13-23-22(29)19-14-27(25-24-19)18-7-9-26(10-8-18)16(3)11-17-5-6-20(28)21(12-17)30-4/h5-6,12,14-16,18,28H,7-11,13H2,1-4H3,(H,23,29)/t16-/m0/s1. The highest BCUT2D eigenvalue weighted by Crippen LogP contribution is 2.28. The average Bonchev–Trinajstić information content (AvgIpc) is 3.23. The molecule has 1 aromatic carbocycles. The number of aromatic nitrogens is 3. The third-order valence-electron chi connectivity index (χ3n) is 5.69. The Morgan fingerprint density at radius 3 is 2.70 bits per heavy atom. The summed E-state index contributed by atoms with van der Waals surface area (Å²) >= 11 is 0. The lowest BCUT2D eigenvalue weighted by molar-refractivity contribution is 0.0944. The van der Waals surface area contributed by atoms with E-state index in [4.69, 9.17) is 4.74 Å². The van der Waals surface area contributed by atoms with Gasteiger partial charge in [-0.15, -0.1) is 5.10 Å². The van der Waals surface area contributed by atoms with Crippen LogP contribution in [0.1, 0.15) is 55.7 Å². The van der Waals surface area contributed by atoms with Crippen molar-refractivity contribution >= 4 is 5.91 Å². The Balaban J connectivity index is 1.51. The maximum Gasteiger partial charge on any atom is 0.273 e. The van der Waals surface area contributed by atoms with Crippen LogP contribution in [0.4, 0.5) is 0 Å². The van der Waals surface area contributed by atoms with Gasteiger partial charge in [0.2, 0.25) is 0 Å². The number of carbonyl (C=O) groups excluding carboxylic acids is 1. The second kappa shape index (κ2) is 9.93. The molecular formula is C22H33N5O3. The van der Waals surface area contributed by atoms with Gasteiger partial charge in [-0.2, -0.15) is 0 Å². The van der Waals surface area contributed by atoms with Gasteiger partial charge in [0.1, 0.15) is 0 Å². The molecule has 2 aromatic rings. The molecule has 0 spiro atoms. The predicted molar refractivity (Wildman–Crippen MR) is 115 cm³/mol. The second-order valence-corrected chi connectivity index (χ2v) is 8.51. The van der Waals surface area contributed by atoms with E-state index in [2.05, 4.69) is 41.3 Å². The van der Waals surface area contributed by atoms with Crippen LogP contribution in [0.2, 0.25) is 0 Å². The Kier molecular flexibility index (Phi) is 7.31. The zero-order chi connectivity index (χ0) is 21.7. The van der Waals surface area contributed by atoms with Gasteiger partial charge in [0.25, 0.3) is 5.91 Å². The summed E-state index contributed by atoms with van der Waals surface area (Å²) < 4.78 is 7.06. The van der Waals surface area contributed by atoms with E-state index in [1.54, 1.807) is 19.4 Å². The highest BCUT2D eigenvalue weighted by Gasteiger charge is 2.25. The molecule has 1 atom stereocenters. The molecule has 3 rings (SSSR count). The van der Waals surface area contributed by atoms with Crippen molar-refractivity contribution in [3.05, 3.63) is 35.7 Å². The van der Waals surface area contributed by atoms with Crippen LogP contribution in [-0.4, -0.2) is 63.7 Å². The molecule has 1 saturated heterocycles. The first-order chi connectivity index (χ1) is 14.4. The zero-order valence-electron chi connectivity index (χ0n) is 18.3. The van der Waals surface area contributed by atoms with Gasteiger partial charge in [-0.1, -0.05) is 25.1 Å². The number of carbonyl (C=O) groups is 1. The first-order valence-corrected chi connectivity index (χ1v) is 10.7. The van der Waals surface area contributed by atoms with Crippen molar-refractivity contribution in [1.82, 2.24) is 25.2 Å². The molecule has 1 aliphatic rings. The lowest BCUT2D eigenvalue weighted by Crippen LogP contribution is -2.41. The molecule has 0 aliphatic carbocycles. The Hall–Kier alpha value is -2.61. The average molecular weight is 416 g/mol. The third kappa shape index (κ3) is 5.50. The Bertz CT molecular complexity index is 843. The SMILES string of the molecule is COc1cc(C[C@H](C)N2CCC(n3cc(C(=O)NCC(C)C)nn3)CC2)ccc1O. The summed E-state index contributed by atoms with van der Waals surface area (Å²) in [6, 6.07) is 6.18. The zero-order valence-corrected chi connectivity index (χ0v) is 18.3. The van der Waals surface area contributed by atoms with Gasteiger partial charge in [-0.25, -0.2) is 4.68 Å². The lowest BCUT2D eigenvalue weighted by atomic mass is 10.00. The van der Waals surface area contributed by atoms with Crippen LogP contribution < -0.4 is 10.1 Å². The Morgan fingerprint density at radius 2 is 2.03 bits per heavy atom. The number of rotatable bonds is 8. The summed E-state index contributed by atoms with van der Waals surface area (Å²) in [5.74, 6) is 0.918. The summed E-state index contributed by atoms with van der Waals surface area (Å²) in [5, 5.41) is 20.9. The molecule has 1 fully saturated rings. The van der Waals surface area contributed by atoms with E-state index in [1.807, 2.05) is 16.8 Å². The minimum atomic E-state index is -0.162. The summed E-state index contributed by atoms with van der Waals surface area (Å²) in [6.07, 6.45) is 4.60. The molecule has 1 aliphatic heterocycles. The fourth-order valence-corrected chi connectivity index (χ4v) is 3.86. The maximum atomic E-state index is 12.2. The van der Waals surface area contributed by atoms with E-state index in [1.165, 1.54) is 0 Å². The highest BCUT2D eigenvalue weighted by molar-refractivity contribution is 5.91. The van der Waals surface area contributed by atoms with Crippen molar-refractivity contribution in [3.63, 3.8) is 0 Å². The molecule has 2 heterocycles. The topological polar surface area (TPSA) is 92.5 Å². The third-order valence-corrected chi connectivity index (χ3v) is 5.69. The summed E-state index contributed by atoms with van der Waals surface area (Å²) in [4.78, 5) is 14.6. The van der Waals surface area contributed by atoms with Crippen LogP contribution in [0.15, 0.2) is 24.4 Å². The number of hydrogen-bond donors (Lipinski definition) is 2. The number of nitrogens with one attached hydrogen (secondary N) is 1. The number of phenolic OH excluding ortho intramolecular Hbond substituents is 1. The largest absolute Gasteiger partial charge is 0.504 e. The van der Waals surface area contributed by atoms with E-state index in [-0.39, 0.29) is 17.7 Å². The maximum absolute atomic E-state index is 12.2. The molecule has 1 amide bonds. The van der Waals surface area contributed by atoms with Gasteiger partial charge >= 0.3 is 0 Å². The normalized spacial score (nSPS) is 16.6. The summed E-state index contributed by atoms with van der Waals surface area (Å²) in [5.41, 5.74) is 1.53. The molecular weight excluding hydrogens is 382 g/mol. The van der Waals surface area contributed by atoms with Crippen LogP contribution in [0.5, 0.6) is 11.5 Å². The number of methoxy groups -OCH3 is 1. The molecule has 30 heavy (non-hydrogen) atoms. The van der Waals surface area contributed by atoms with Crippen LogP contribution in [-0.2, 0) is 6.42 Å². The van der Waals surface area contributed by atoms with Gasteiger partial charge < -0.3 is 20.1 Å². The molecule has 0 saturated carbocycles. The van der Waals surface area contributed by atoms with E-state index < -0.39 is 0 Å². The lowest BCUT2D eigenvalue weighted by Gasteiger charge is -2.36. The van der Waals surface area contributed by atoms with Gasteiger partial charge in [0.05, 0.1) is 19.3 Å². The number of likely N-dealkylation sites (tertiary alicyclic amines) is 1. The predicted octanol–water partition coefficient (Wildman–Crippen LogP) is 2.65. The quantitative estimate of drug-likeness (QED) is 0.689. The number of phenols is 1. The van der Waals surface area contributed by atoms with Gasteiger partial charge in [-0.3, -0.25) is 4.79 Å².